The molecule has 0 aliphatic heterocycles. The van der Waals surface area contributed by atoms with Crippen LogP contribution in [-0.2, 0) is 4.79 Å². The summed E-state index contributed by atoms with van der Waals surface area (Å²) in [5.41, 5.74) is 0. The van der Waals surface area contributed by atoms with Gasteiger partial charge in [-0.2, -0.15) is 0 Å². The third-order valence-electron chi connectivity index (χ3n) is 3.23. The predicted octanol–water partition coefficient (Wildman–Crippen LogP) is 1.80. The van der Waals surface area contributed by atoms with Crippen LogP contribution in [0.2, 0.25) is 0 Å². The number of amides is 1. The van der Waals surface area contributed by atoms with Gasteiger partial charge in [-0.25, -0.2) is 0 Å². The Bertz CT molecular complexity index is 222. The van der Waals surface area contributed by atoms with Gasteiger partial charge in [0.1, 0.15) is 0 Å². The molecule has 0 unspecified atom stereocenters. The van der Waals surface area contributed by atoms with Gasteiger partial charge in [-0.15, -0.1) is 6.58 Å². The number of likely N-dealkylation sites (N-methyl/N-ethyl adjacent to an activating group) is 1. The fourth-order valence-electron chi connectivity index (χ4n) is 2.38. The van der Waals surface area contributed by atoms with Crippen molar-refractivity contribution in [2.24, 2.45) is 5.92 Å². The molecule has 0 heterocycles. The van der Waals surface area contributed by atoms with E-state index in [1.165, 1.54) is 32.1 Å². The smallest absolute Gasteiger partial charge is 0.236 e. The SMILES string of the molecule is C=CCN(CC1CCCCC1)C(=O)CNC. The molecule has 0 spiro atoms. The Morgan fingerprint density at radius 2 is 2.12 bits per heavy atom. The summed E-state index contributed by atoms with van der Waals surface area (Å²) in [6.07, 6.45) is 8.39. The first-order chi connectivity index (χ1) is 7.77. The van der Waals surface area contributed by atoms with Crippen molar-refractivity contribution < 1.29 is 4.79 Å². The zero-order chi connectivity index (χ0) is 11.8. The number of rotatable bonds is 6. The molecule has 0 aromatic carbocycles. The van der Waals surface area contributed by atoms with Crippen molar-refractivity contribution in [2.45, 2.75) is 32.1 Å². The van der Waals surface area contributed by atoms with E-state index in [1.54, 1.807) is 0 Å². The van der Waals surface area contributed by atoms with Crippen LogP contribution in [0.25, 0.3) is 0 Å². The predicted molar refractivity (Wildman–Crippen MR) is 67.3 cm³/mol. The van der Waals surface area contributed by atoms with Gasteiger partial charge in [0.2, 0.25) is 5.91 Å². The highest BCUT2D eigenvalue weighted by atomic mass is 16.2. The Balaban J connectivity index is 2.42. The van der Waals surface area contributed by atoms with Crippen LogP contribution < -0.4 is 5.32 Å². The largest absolute Gasteiger partial charge is 0.338 e. The van der Waals surface area contributed by atoms with Crippen LogP contribution in [0.5, 0.6) is 0 Å². The van der Waals surface area contributed by atoms with E-state index in [4.69, 9.17) is 0 Å². The Morgan fingerprint density at radius 3 is 2.69 bits per heavy atom. The minimum atomic E-state index is 0.188. The quantitative estimate of drug-likeness (QED) is 0.698. The number of hydrogen-bond donors (Lipinski definition) is 1. The van der Waals surface area contributed by atoms with Crippen LogP contribution in [0.4, 0.5) is 0 Å². The van der Waals surface area contributed by atoms with Gasteiger partial charge in [0.05, 0.1) is 6.54 Å². The van der Waals surface area contributed by atoms with Crippen LogP contribution in [-0.4, -0.2) is 37.5 Å². The van der Waals surface area contributed by atoms with Gasteiger partial charge in [0.25, 0.3) is 0 Å². The molecule has 16 heavy (non-hydrogen) atoms. The summed E-state index contributed by atoms with van der Waals surface area (Å²) in [4.78, 5) is 13.8. The van der Waals surface area contributed by atoms with Crippen LogP contribution >= 0.6 is 0 Å². The van der Waals surface area contributed by atoms with E-state index in [-0.39, 0.29) is 5.91 Å². The summed E-state index contributed by atoms with van der Waals surface area (Å²) in [7, 11) is 1.81. The summed E-state index contributed by atoms with van der Waals surface area (Å²) < 4.78 is 0. The van der Waals surface area contributed by atoms with Crippen LogP contribution in [0, 0.1) is 5.92 Å². The number of carbonyl (C=O) groups is 1. The topological polar surface area (TPSA) is 32.3 Å². The van der Waals surface area contributed by atoms with Crippen molar-refractivity contribution >= 4 is 5.91 Å². The Hall–Kier alpha value is -0.830. The summed E-state index contributed by atoms with van der Waals surface area (Å²) in [6.45, 7) is 5.74. The van der Waals surface area contributed by atoms with Gasteiger partial charge in [0, 0.05) is 13.1 Å². The lowest BCUT2D eigenvalue weighted by molar-refractivity contribution is -0.130. The van der Waals surface area contributed by atoms with Gasteiger partial charge in [-0.05, 0) is 25.8 Å². The molecule has 1 saturated carbocycles. The first-order valence-electron chi connectivity index (χ1n) is 6.31. The highest BCUT2D eigenvalue weighted by Crippen LogP contribution is 2.24. The van der Waals surface area contributed by atoms with Crippen LogP contribution in [0.15, 0.2) is 12.7 Å². The van der Waals surface area contributed by atoms with E-state index in [0.29, 0.717) is 19.0 Å². The van der Waals surface area contributed by atoms with E-state index < -0.39 is 0 Å². The standard InChI is InChI=1S/C13H24N2O/c1-3-9-15(13(16)10-14-2)11-12-7-5-4-6-8-12/h3,12,14H,1,4-11H2,2H3. The molecule has 3 heteroatoms. The molecule has 3 nitrogen and oxygen atoms in total. The monoisotopic (exact) mass is 224 g/mol. The Kier molecular flexibility index (Phi) is 6.16. The highest BCUT2D eigenvalue weighted by molar-refractivity contribution is 5.78. The summed E-state index contributed by atoms with van der Waals surface area (Å²) in [5, 5.41) is 2.92. The molecule has 0 radical (unpaired) electrons. The van der Waals surface area contributed by atoms with Gasteiger partial charge in [-0.1, -0.05) is 25.3 Å². The molecule has 0 atom stereocenters. The average molecular weight is 224 g/mol. The normalized spacial score (nSPS) is 17.1. The third-order valence-corrected chi connectivity index (χ3v) is 3.23. The van der Waals surface area contributed by atoms with Crippen molar-refractivity contribution in [1.29, 1.82) is 0 Å². The first kappa shape index (κ1) is 13.2. The van der Waals surface area contributed by atoms with Crippen molar-refractivity contribution in [2.75, 3.05) is 26.7 Å². The molecule has 1 amide bonds. The molecular weight excluding hydrogens is 200 g/mol. The Morgan fingerprint density at radius 1 is 1.44 bits per heavy atom. The molecule has 92 valence electrons. The van der Waals surface area contributed by atoms with Gasteiger partial charge in [-0.3, -0.25) is 4.79 Å². The molecule has 1 aliphatic rings. The maximum atomic E-state index is 11.8. The maximum absolute atomic E-state index is 11.8. The second-order valence-corrected chi connectivity index (χ2v) is 4.62. The fourth-order valence-corrected chi connectivity index (χ4v) is 2.38. The summed E-state index contributed by atoms with van der Waals surface area (Å²) in [6, 6.07) is 0. The molecular formula is C13H24N2O. The lowest BCUT2D eigenvalue weighted by atomic mass is 9.89. The van der Waals surface area contributed by atoms with Crippen molar-refractivity contribution in [3.63, 3.8) is 0 Å². The van der Waals surface area contributed by atoms with E-state index >= 15 is 0 Å². The lowest BCUT2D eigenvalue weighted by Crippen LogP contribution is -2.40. The van der Waals surface area contributed by atoms with E-state index in [2.05, 4.69) is 11.9 Å². The molecule has 0 aromatic heterocycles. The highest BCUT2D eigenvalue weighted by Gasteiger charge is 2.19. The zero-order valence-electron chi connectivity index (χ0n) is 10.4. The van der Waals surface area contributed by atoms with Gasteiger partial charge in [0.15, 0.2) is 0 Å². The van der Waals surface area contributed by atoms with Crippen molar-refractivity contribution in [3.8, 4) is 0 Å². The van der Waals surface area contributed by atoms with Gasteiger partial charge >= 0.3 is 0 Å². The van der Waals surface area contributed by atoms with E-state index in [1.807, 2.05) is 18.0 Å². The second-order valence-electron chi connectivity index (χ2n) is 4.62. The Labute approximate surface area is 98.9 Å². The maximum Gasteiger partial charge on any atom is 0.236 e. The third kappa shape index (κ3) is 4.35. The van der Waals surface area contributed by atoms with Crippen molar-refractivity contribution in [1.82, 2.24) is 10.2 Å². The number of nitrogens with one attached hydrogen (secondary N) is 1. The molecule has 0 saturated heterocycles. The van der Waals surface area contributed by atoms with Gasteiger partial charge < -0.3 is 10.2 Å². The number of hydrogen-bond acceptors (Lipinski definition) is 2. The average Bonchev–Trinajstić information content (AvgIpc) is 2.30. The van der Waals surface area contributed by atoms with Crippen LogP contribution in [0.1, 0.15) is 32.1 Å². The van der Waals surface area contributed by atoms with Crippen molar-refractivity contribution in [3.05, 3.63) is 12.7 Å². The van der Waals surface area contributed by atoms with E-state index in [0.717, 1.165) is 6.54 Å². The van der Waals surface area contributed by atoms with Crippen LogP contribution in [0.3, 0.4) is 0 Å². The number of nitrogens with zero attached hydrogens (tertiary/aromatic N) is 1. The molecule has 1 N–H and O–H groups in total. The minimum absolute atomic E-state index is 0.188. The fraction of sp³-hybridized carbons (Fsp3) is 0.769. The van der Waals surface area contributed by atoms with E-state index in [9.17, 15) is 4.79 Å². The lowest BCUT2D eigenvalue weighted by Gasteiger charge is -2.29. The summed E-state index contributed by atoms with van der Waals surface area (Å²) >= 11 is 0. The summed E-state index contributed by atoms with van der Waals surface area (Å²) in [5.74, 6) is 0.891. The first-order valence-corrected chi connectivity index (χ1v) is 6.31. The molecule has 0 aromatic rings. The molecule has 1 rings (SSSR count). The number of carbonyl (C=O) groups excluding carboxylic acids is 1. The molecule has 1 fully saturated rings. The second kappa shape index (κ2) is 7.44. The zero-order valence-corrected chi connectivity index (χ0v) is 10.4. The minimum Gasteiger partial charge on any atom is -0.338 e. The molecule has 1 aliphatic carbocycles. The molecule has 0 bridgehead atoms.